The number of rotatable bonds is 7. The van der Waals surface area contributed by atoms with Gasteiger partial charge in [0, 0.05) is 12.6 Å². The maximum Gasteiger partial charge on any atom is 0.331 e. The van der Waals surface area contributed by atoms with Gasteiger partial charge in [0.2, 0.25) is 5.91 Å². The first kappa shape index (κ1) is 17.4. The lowest BCUT2D eigenvalue weighted by atomic mass is 10.1. The highest BCUT2D eigenvalue weighted by Crippen LogP contribution is 2.05. The maximum atomic E-state index is 11.5. The fourth-order valence-corrected chi connectivity index (χ4v) is 1.61. The molecular weight excluding hydrogens is 284 g/mol. The topological polar surface area (TPSA) is 84.5 Å². The minimum atomic E-state index is -0.616. The van der Waals surface area contributed by atoms with Gasteiger partial charge in [-0.25, -0.2) is 4.79 Å². The zero-order valence-corrected chi connectivity index (χ0v) is 12.7. The third-order valence-corrected chi connectivity index (χ3v) is 2.62. The third-order valence-electron chi connectivity index (χ3n) is 2.62. The summed E-state index contributed by atoms with van der Waals surface area (Å²) in [4.78, 5) is 34.0. The predicted molar refractivity (Wildman–Crippen MR) is 82.9 cm³/mol. The molecule has 6 heteroatoms. The van der Waals surface area contributed by atoms with E-state index in [0.29, 0.717) is 6.54 Å². The van der Waals surface area contributed by atoms with Gasteiger partial charge in [0.05, 0.1) is 6.54 Å². The van der Waals surface area contributed by atoms with Gasteiger partial charge in [-0.1, -0.05) is 29.8 Å². The van der Waals surface area contributed by atoms with E-state index >= 15 is 0 Å². The normalized spacial score (nSPS) is 10.3. The van der Waals surface area contributed by atoms with Crippen molar-refractivity contribution in [3.63, 3.8) is 0 Å². The molecule has 0 atom stereocenters. The number of carbonyl (C=O) groups is 3. The van der Waals surface area contributed by atoms with Gasteiger partial charge in [-0.3, -0.25) is 9.59 Å². The zero-order chi connectivity index (χ0) is 16.4. The molecule has 0 bridgehead atoms. The molecule has 118 valence electrons. The summed E-state index contributed by atoms with van der Waals surface area (Å²) in [6.07, 6.45) is 2.87. The summed E-state index contributed by atoms with van der Waals surface area (Å²) in [7, 11) is 0. The average Bonchev–Trinajstić information content (AvgIpc) is 2.49. The molecule has 22 heavy (non-hydrogen) atoms. The number of likely N-dealkylation sites (N-methyl/N-ethyl adjacent to an activating group) is 1. The van der Waals surface area contributed by atoms with E-state index in [2.05, 4.69) is 10.6 Å². The standard InChI is InChI=1S/C16H20N2O4/c1-3-17-14(19)10-18-15(20)11-22-16(21)8-7-13-6-4-5-12(2)9-13/h4-9H,3,10-11H2,1-2H3,(H,17,19)(H,18,20)/b8-7+. The second kappa shape index (κ2) is 9.33. The van der Waals surface area contributed by atoms with Crippen molar-refractivity contribution in [1.29, 1.82) is 0 Å². The van der Waals surface area contributed by atoms with Crippen LogP contribution in [-0.2, 0) is 19.1 Å². The molecule has 0 unspecified atom stereocenters. The van der Waals surface area contributed by atoms with E-state index in [1.807, 2.05) is 31.2 Å². The summed E-state index contributed by atoms with van der Waals surface area (Å²) in [5.41, 5.74) is 1.96. The van der Waals surface area contributed by atoms with Gasteiger partial charge in [0.25, 0.3) is 5.91 Å². The van der Waals surface area contributed by atoms with E-state index in [9.17, 15) is 14.4 Å². The van der Waals surface area contributed by atoms with Crippen LogP contribution in [-0.4, -0.2) is 37.5 Å². The molecule has 0 radical (unpaired) electrons. The molecule has 0 aromatic heterocycles. The Morgan fingerprint density at radius 1 is 1.18 bits per heavy atom. The van der Waals surface area contributed by atoms with Crippen molar-refractivity contribution >= 4 is 23.9 Å². The van der Waals surface area contributed by atoms with Gasteiger partial charge in [-0.15, -0.1) is 0 Å². The number of carbonyl (C=O) groups excluding carboxylic acids is 3. The fraction of sp³-hybridized carbons (Fsp3) is 0.312. The average molecular weight is 304 g/mol. The van der Waals surface area contributed by atoms with Gasteiger partial charge >= 0.3 is 5.97 Å². The number of nitrogens with one attached hydrogen (secondary N) is 2. The van der Waals surface area contributed by atoms with Gasteiger partial charge in [0.1, 0.15) is 0 Å². The molecule has 2 amide bonds. The molecule has 1 aromatic carbocycles. The van der Waals surface area contributed by atoms with Crippen molar-refractivity contribution in [2.24, 2.45) is 0 Å². The van der Waals surface area contributed by atoms with Crippen LogP contribution in [0.25, 0.3) is 6.08 Å². The minimum Gasteiger partial charge on any atom is -0.452 e. The van der Waals surface area contributed by atoms with Crippen molar-refractivity contribution in [3.8, 4) is 0 Å². The highest BCUT2D eigenvalue weighted by molar-refractivity contribution is 5.90. The Hall–Kier alpha value is -2.63. The Morgan fingerprint density at radius 2 is 1.95 bits per heavy atom. The van der Waals surface area contributed by atoms with Crippen LogP contribution >= 0.6 is 0 Å². The summed E-state index contributed by atoms with van der Waals surface area (Å²) in [6, 6.07) is 7.61. The molecule has 1 aromatic rings. The number of aryl methyl sites for hydroxylation is 1. The number of hydrogen-bond acceptors (Lipinski definition) is 4. The molecule has 0 saturated heterocycles. The Morgan fingerprint density at radius 3 is 2.64 bits per heavy atom. The first-order valence-electron chi connectivity index (χ1n) is 6.96. The number of hydrogen-bond donors (Lipinski definition) is 2. The Kier molecular flexibility index (Phi) is 7.39. The lowest BCUT2D eigenvalue weighted by Gasteiger charge is -2.05. The highest BCUT2D eigenvalue weighted by atomic mass is 16.5. The van der Waals surface area contributed by atoms with E-state index < -0.39 is 18.5 Å². The molecule has 2 N–H and O–H groups in total. The first-order valence-corrected chi connectivity index (χ1v) is 6.96. The van der Waals surface area contributed by atoms with Crippen molar-refractivity contribution in [3.05, 3.63) is 41.5 Å². The summed E-state index contributed by atoms with van der Waals surface area (Å²) >= 11 is 0. The lowest BCUT2D eigenvalue weighted by molar-refractivity contribution is -0.143. The van der Waals surface area contributed by atoms with Crippen LogP contribution in [0.15, 0.2) is 30.3 Å². The summed E-state index contributed by atoms with van der Waals surface area (Å²) in [5, 5.41) is 4.89. The molecule has 1 rings (SSSR count). The largest absolute Gasteiger partial charge is 0.452 e. The monoisotopic (exact) mass is 304 g/mol. The van der Waals surface area contributed by atoms with E-state index in [1.54, 1.807) is 13.0 Å². The smallest absolute Gasteiger partial charge is 0.331 e. The highest BCUT2D eigenvalue weighted by Gasteiger charge is 2.06. The van der Waals surface area contributed by atoms with Crippen LogP contribution in [0.4, 0.5) is 0 Å². The number of esters is 1. The molecule has 6 nitrogen and oxygen atoms in total. The fourth-order valence-electron chi connectivity index (χ4n) is 1.61. The van der Waals surface area contributed by atoms with Crippen molar-refractivity contribution in [2.75, 3.05) is 19.7 Å². The van der Waals surface area contributed by atoms with Gasteiger partial charge in [0.15, 0.2) is 6.61 Å². The van der Waals surface area contributed by atoms with Crippen LogP contribution in [0.2, 0.25) is 0 Å². The van der Waals surface area contributed by atoms with Gasteiger partial charge in [-0.05, 0) is 25.5 Å². The quantitative estimate of drug-likeness (QED) is 0.576. The SMILES string of the molecule is CCNC(=O)CNC(=O)COC(=O)/C=C/c1cccc(C)c1. The molecule has 0 heterocycles. The minimum absolute atomic E-state index is 0.136. The van der Waals surface area contributed by atoms with E-state index in [1.165, 1.54) is 6.08 Å². The summed E-state index contributed by atoms with van der Waals surface area (Å²) in [5.74, 6) is -1.43. The van der Waals surface area contributed by atoms with Crippen molar-refractivity contribution < 1.29 is 19.1 Å². The Bertz CT molecular complexity index is 567. The van der Waals surface area contributed by atoms with Crippen LogP contribution < -0.4 is 10.6 Å². The number of amides is 2. The lowest BCUT2D eigenvalue weighted by Crippen LogP contribution is -2.38. The Labute approximate surface area is 129 Å². The van der Waals surface area contributed by atoms with E-state index in [-0.39, 0.29) is 12.5 Å². The predicted octanol–water partition coefficient (Wildman–Crippen LogP) is 0.804. The molecule has 0 aliphatic carbocycles. The van der Waals surface area contributed by atoms with Crippen LogP contribution in [0, 0.1) is 6.92 Å². The molecule has 0 aliphatic heterocycles. The number of benzene rings is 1. The van der Waals surface area contributed by atoms with E-state index in [0.717, 1.165) is 11.1 Å². The molecule has 0 saturated carbocycles. The van der Waals surface area contributed by atoms with Crippen LogP contribution in [0.1, 0.15) is 18.1 Å². The van der Waals surface area contributed by atoms with Crippen LogP contribution in [0.3, 0.4) is 0 Å². The third kappa shape index (κ3) is 7.23. The van der Waals surface area contributed by atoms with Gasteiger partial charge < -0.3 is 15.4 Å². The van der Waals surface area contributed by atoms with E-state index in [4.69, 9.17) is 4.74 Å². The van der Waals surface area contributed by atoms with Gasteiger partial charge in [-0.2, -0.15) is 0 Å². The zero-order valence-electron chi connectivity index (χ0n) is 12.7. The summed E-state index contributed by atoms with van der Waals surface area (Å²) in [6.45, 7) is 3.67. The maximum absolute atomic E-state index is 11.5. The molecule has 0 fully saturated rings. The molecule has 0 spiro atoms. The summed E-state index contributed by atoms with van der Waals surface area (Å²) < 4.78 is 4.78. The second-order valence-electron chi connectivity index (χ2n) is 4.59. The molecule has 0 aliphatic rings. The molecular formula is C16H20N2O4. The number of ether oxygens (including phenoxy) is 1. The van der Waals surface area contributed by atoms with Crippen molar-refractivity contribution in [1.82, 2.24) is 10.6 Å². The van der Waals surface area contributed by atoms with Crippen molar-refractivity contribution in [2.45, 2.75) is 13.8 Å². The second-order valence-corrected chi connectivity index (χ2v) is 4.59. The first-order chi connectivity index (χ1) is 10.5. The van der Waals surface area contributed by atoms with Crippen LogP contribution in [0.5, 0.6) is 0 Å². The Balaban J connectivity index is 2.30.